The van der Waals surface area contributed by atoms with Gasteiger partial charge in [0.25, 0.3) is 0 Å². The van der Waals surface area contributed by atoms with E-state index in [1.54, 1.807) is 0 Å². The highest BCUT2D eigenvalue weighted by Crippen LogP contribution is 2.33. The predicted molar refractivity (Wildman–Crippen MR) is 80.1 cm³/mol. The topological polar surface area (TPSA) is 101 Å². The molecule has 0 unspecified atom stereocenters. The molecule has 5 heteroatoms. The van der Waals surface area contributed by atoms with Crippen molar-refractivity contribution in [1.29, 1.82) is 0 Å². The van der Waals surface area contributed by atoms with Crippen molar-refractivity contribution in [3.8, 4) is 0 Å². The molecule has 0 aromatic heterocycles. The summed E-state index contributed by atoms with van der Waals surface area (Å²) in [6, 6.07) is 0. The van der Waals surface area contributed by atoms with Crippen molar-refractivity contribution in [1.82, 2.24) is 0 Å². The molecule has 0 fully saturated rings. The lowest BCUT2D eigenvalue weighted by Crippen LogP contribution is -2.41. The quantitative estimate of drug-likeness (QED) is 0.434. The van der Waals surface area contributed by atoms with Crippen LogP contribution in [0.1, 0.15) is 60.3 Å². The zero-order valence-corrected chi connectivity index (χ0v) is 13.7. The molecular formula is C15H34O5. The monoisotopic (exact) mass is 294 g/mol. The highest BCUT2D eigenvalue weighted by Gasteiger charge is 2.36. The van der Waals surface area contributed by atoms with Gasteiger partial charge in [-0.2, -0.15) is 0 Å². The molecular weight excluding hydrogens is 260 g/mol. The first-order chi connectivity index (χ1) is 9.05. The minimum Gasteiger partial charge on any atom is -0.396 e. The summed E-state index contributed by atoms with van der Waals surface area (Å²) in [6.45, 7) is 8.66. The lowest BCUT2D eigenvalue weighted by Gasteiger charge is -2.35. The number of aliphatic hydroxyl groups excluding tert-OH is 3. The molecule has 0 aromatic rings. The van der Waals surface area contributed by atoms with Crippen LogP contribution in [0.25, 0.3) is 0 Å². The molecule has 0 heterocycles. The van der Waals surface area contributed by atoms with Crippen LogP contribution < -0.4 is 0 Å². The molecule has 0 radical (unpaired) electrons. The minimum absolute atomic E-state index is 0.156. The maximum atomic E-state index is 9.33. The fraction of sp³-hybridized carbons (Fsp3) is 1.00. The van der Waals surface area contributed by atoms with Crippen LogP contribution in [0.2, 0.25) is 0 Å². The first-order valence-corrected chi connectivity index (χ1v) is 7.33. The molecule has 0 saturated heterocycles. The standard InChI is InChI=1S/C9H20O2.C6H14O3/c1-5-6-7-8(2,3)9(4,10)11;1-2-6(3-7,4-8)5-9/h10-11H,5-7H2,1-4H3;7-9H,2-5H2,1H3. The SMILES string of the molecule is CCC(CO)(CO)CO.CCCCC(C)(C)C(C)(O)O. The van der Waals surface area contributed by atoms with Gasteiger partial charge in [-0.1, -0.05) is 40.5 Å². The second-order valence-corrected chi connectivity index (χ2v) is 6.34. The van der Waals surface area contributed by atoms with Gasteiger partial charge in [-0.25, -0.2) is 0 Å². The summed E-state index contributed by atoms with van der Waals surface area (Å²) in [5.74, 6) is -1.55. The number of rotatable bonds is 8. The summed E-state index contributed by atoms with van der Waals surface area (Å²) in [6.07, 6.45) is 3.59. The smallest absolute Gasteiger partial charge is 0.164 e. The Labute approximate surface area is 123 Å². The Morgan fingerprint density at radius 1 is 0.800 bits per heavy atom. The van der Waals surface area contributed by atoms with Gasteiger partial charge in [0.15, 0.2) is 5.79 Å². The van der Waals surface area contributed by atoms with E-state index in [9.17, 15) is 10.2 Å². The molecule has 0 atom stereocenters. The molecule has 0 aliphatic heterocycles. The molecule has 0 aliphatic carbocycles. The third-order valence-electron chi connectivity index (χ3n) is 4.19. The van der Waals surface area contributed by atoms with Crippen molar-refractivity contribution < 1.29 is 25.5 Å². The highest BCUT2D eigenvalue weighted by molar-refractivity contribution is 4.79. The second-order valence-electron chi connectivity index (χ2n) is 6.34. The van der Waals surface area contributed by atoms with Crippen LogP contribution in [0, 0.1) is 10.8 Å². The third kappa shape index (κ3) is 7.55. The van der Waals surface area contributed by atoms with Gasteiger partial charge in [0, 0.05) is 10.8 Å². The Morgan fingerprint density at radius 2 is 1.20 bits per heavy atom. The number of aliphatic hydroxyl groups is 5. The van der Waals surface area contributed by atoms with Crippen molar-refractivity contribution in [2.24, 2.45) is 10.8 Å². The normalized spacial score (nSPS) is 12.9. The van der Waals surface area contributed by atoms with Gasteiger partial charge in [0.2, 0.25) is 0 Å². The van der Waals surface area contributed by atoms with E-state index in [-0.39, 0.29) is 19.8 Å². The van der Waals surface area contributed by atoms with Gasteiger partial charge in [0.1, 0.15) is 0 Å². The number of hydrogen-bond acceptors (Lipinski definition) is 5. The molecule has 0 spiro atoms. The highest BCUT2D eigenvalue weighted by atomic mass is 16.5. The summed E-state index contributed by atoms with van der Waals surface area (Å²) in [5, 5.41) is 44.6. The van der Waals surface area contributed by atoms with Gasteiger partial charge in [0.05, 0.1) is 19.8 Å². The van der Waals surface area contributed by atoms with Crippen LogP contribution in [0.5, 0.6) is 0 Å². The first kappa shape index (κ1) is 22.1. The van der Waals surface area contributed by atoms with Crippen LogP contribution in [-0.2, 0) is 0 Å². The maximum absolute atomic E-state index is 9.33. The van der Waals surface area contributed by atoms with E-state index in [1.807, 2.05) is 20.8 Å². The van der Waals surface area contributed by atoms with Crippen LogP contribution >= 0.6 is 0 Å². The predicted octanol–water partition coefficient (Wildman–Crippen LogP) is 1.26. The Bertz CT molecular complexity index is 211. The summed E-state index contributed by atoms with van der Waals surface area (Å²) in [5.41, 5.74) is -1.07. The summed E-state index contributed by atoms with van der Waals surface area (Å²) < 4.78 is 0. The minimum atomic E-state index is -1.55. The van der Waals surface area contributed by atoms with Crippen LogP contribution in [-0.4, -0.2) is 51.1 Å². The van der Waals surface area contributed by atoms with Crippen molar-refractivity contribution in [2.45, 2.75) is 66.1 Å². The van der Waals surface area contributed by atoms with Gasteiger partial charge < -0.3 is 25.5 Å². The van der Waals surface area contributed by atoms with Gasteiger partial charge >= 0.3 is 0 Å². The second kappa shape index (κ2) is 9.68. The van der Waals surface area contributed by atoms with E-state index >= 15 is 0 Å². The summed E-state index contributed by atoms with van der Waals surface area (Å²) in [7, 11) is 0. The molecule has 0 aromatic carbocycles. The maximum Gasteiger partial charge on any atom is 0.164 e. The molecule has 0 rings (SSSR count). The fourth-order valence-corrected chi connectivity index (χ4v) is 1.34. The van der Waals surface area contributed by atoms with Gasteiger partial charge in [-0.15, -0.1) is 0 Å². The zero-order chi connectivity index (χ0) is 16.4. The molecule has 0 saturated carbocycles. The molecule has 124 valence electrons. The van der Waals surface area contributed by atoms with Crippen molar-refractivity contribution in [3.63, 3.8) is 0 Å². The van der Waals surface area contributed by atoms with E-state index in [0.717, 1.165) is 19.3 Å². The van der Waals surface area contributed by atoms with E-state index in [0.29, 0.717) is 6.42 Å². The van der Waals surface area contributed by atoms with E-state index in [4.69, 9.17) is 15.3 Å². The van der Waals surface area contributed by atoms with Gasteiger partial charge in [-0.3, -0.25) is 0 Å². The Balaban J connectivity index is 0. The largest absolute Gasteiger partial charge is 0.396 e. The molecule has 5 N–H and O–H groups in total. The van der Waals surface area contributed by atoms with Crippen molar-refractivity contribution in [3.05, 3.63) is 0 Å². The average Bonchev–Trinajstić information content (AvgIpc) is 2.39. The fourth-order valence-electron chi connectivity index (χ4n) is 1.34. The van der Waals surface area contributed by atoms with Crippen LogP contribution in [0.15, 0.2) is 0 Å². The average molecular weight is 294 g/mol. The third-order valence-corrected chi connectivity index (χ3v) is 4.19. The Hall–Kier alpha value is -0.200. The molecule has 0 bridgehead atoms. The van der Waals surface area contributed by atoms with E-state index in [1.165, 1.54) is 6.92 Å². The lowest BCUT2D eigenvalue weighted by molar-refractivity contribution is -0.221. The Kier molecular flexibility index (Phi) is 10.7. The van der Waals surface area contributed by atoms with E-state index < -0.39 is 16.6 Å². The van der Waals surface area contributed by atoms with Gasteiger partial charge in [-0.05, 0) is 19.8 Å². The summed E-state index contributed by atoms with van der Waals surface area (Å²) >= 11 is 0. The first-order valence-electron chi connectivity index (χ1n) is 7.33. The van der Waals surface area contributed by atoms with E-state index in [2.05, 4.69) is 6.92 Å². The molecule has 20 heavy (non-hydrogen) atoms. The number of unbranched alkanes of at least 4 members (excludes halogenated alkanes) is 1. The van der Waals surface area contributed by atoms with Crippen molar-refractivity contribution >= 4 is 0 Å². The molecule has 0 aliphatic rings. The zero-order valence-electron chi connectivity index (χ0n) is 13.7. The summed E-state index contributed by atoms with van der Waals surface area (Å²) in [4.78, 5) is 0. The van der Waals surface area contributed by atoms with Crippen LogP contribution in [0.4, 0.5) is 0 Å². The van der Waals surface area contributed by atoms with Crippen molar-refractivity contribution in [2.75, 3.05) is 19.8 Å². The van der Waals surface area contributed by atoms with Crippen LogP contribution in [0.3, 0.4) is 0 Å². The lowest BCUT2D eigenvalue weighted by atomic mass is 9.80. The Morgan fingerprint density at radius 3 is 1.35 bits per heavy atom. The molecule has 0 amide bonds. The molecule has 5 nitrogen and oxygen atoms in total. The number of hydrogen-bond donors (Lipinski definition) is 5.